The van der Waals surface area contributed by atoms with E-state index in [1.807, 2.05) is 31.3 Å². The summed E-state index contributed by atoms with van der Waals surface area (Å²) in [4.78, 5) is 2.51. The van der Waals surface area contributed by atoms with E-state index in [4.69, 9.17) is 9.47 Å². The minimum Gasteiger partial charge on any atom is -0.497 e. The Bertz CT molecular complexity index is 392. The number of rotatable bonds is 8. The molecule has 5 heteroatoms. The lowest BCUT2D eigenvalue weighted by molar-refractivity contribution is 0.151. The fraction of sp³-hybridized carbons (Fsp3) is 0.647. The Morgan fingerprint density at radius 2 is 1.77 bits per heavy atom. The second kappa shape index (κ2) is 10.7. The van der Waals surface area contributed by atoms with Gasteiger partial charge in [-0.2, -0.15) is 0 Å². The lowest BCUT2D eigenvalue weighted by Gasteiger charge is -2.31. The Kier molecular flexibility index (Phi) is 9.28. The average Bonchev–Trinajstić information content (AvgIpc) is 2.55. The maximum Gasteiger partial charge on any atom is 0.119 e. The van der Waals surface area contributed by atoms with E-state index < -0.39 is 0 Å². The Morgan fingerprint density at radius 1 is 1.14 bits per heavy atom. The number of hydrogen-bond donors (Lipinski definition) is 1. The van der Waals surface area contributed by atoms with Gasteiger partial charge in [-0.05, 0) is 76.1 Å². The third kappa shape index (κ3) is 6.42. The molecule has 0 radical (unpaired) electrons. The van der Waals surface area contributed by atoms with Crippen LogP contribution in [0.5, 0.6) is 11.5 Å². The number of halogens is 1. The molecule has 0 amide bonds. The van der Waals surface area contributed by atoms with Gasteiger partial charge in [0.2, 0.25) is 0 Å². The van der Waals surface area contributed by atoms with Crippen molar-refractivity contribution in [2.45, 2.75) is 19.3 Å². The smallest absolute Gasteiger partial charge is 0.119 e. The molecule has 0 unspecified atom stereocenters. The lowest BCUT2D eigenvalue weighted by Crippen LogP contribution is -2.37. The molecule has 22 heavy (non-hydrogen) atoms. The van der Waals surface area contributed by atoms with Crippen LogP contribution >= 0.6 is 12.4 Å². The van der Waals surface area contributed by atoms with E-state index in [0.29, 0.717) is 0 Å². The van der Waals surface area contributed by atoms with Crippen molar-refractivity contribution in [2.24, 2.45) is 5.92 Å². The zero-order valence-corrected chi connectivity index (χ0v) is 14.5. The molecule has 126 valence electrons. The summed E-state index contributed by atoms with van der Waals surface area (Å²) in [6.45, 7) is 5.34. The molecule has 4 nitrogen and oxygen atoms in total. The van der Waals surface area contributed by atoms with Crippen molar-refractivity contribution in [1.82, 2.24) is 10.2 Å². The van der Waals surface area contributed by atoms with E-state index in [2.05, 4.69) is 10.2 Å². The minimum atomic E-state index is 0. The molecule has 2 rings (SSSR count). The van der Waals surface area contributed by atoms with Crippen molar-refractivity contribution in [3.05, 3.63) is 24.3 Å². The zero-order valence-electron chi connectivity index (χ0n) is 13.7. The van der Waals surface area contributed by atoms with Gasteiger partial charge < -0.3 is 14.8 Å². The Morgan fingerprint density at radius 3 is 2.36 bits per heavy atom. The predicted octanol–water partition coefficient (Wildman–Crippen LogP) is 2.82. The highest BCUT2D eigenvalue weighted by Gasteiger charge is 2.18. The number of methoxy groups -OCH3 is 1. The first-order chi connectivity index (χ1) is 10.3. The summed E-state index contributed by atoms with van der Waals surface area (Å²) in [7, 11) is 3.71. The molecule has 1 N–H and O–H groups in total. The van der Waals surface area contributed by atoms with Crippen LogP contribution in [0.3, 0.4) is 0 Å². The molecule has 1 fully saturated rings. The highest BCUT2D eigenvalue weighted by Crippen LogP contribution is 2.20. The molecule has 1 aliphatic rings. The third-order valence-electron chi connectivity index (χ3n) is 4.25. The molecular weight excluding hydrogens is 300 g/mol. The molecule has 1 aromatic rings. The van der Waals surface area contributed by atoms with Gasteiger partial charge in [-0.3, -0.25) is 4.90 Å². The van der Waals surface area contributed by atoms with Crippen LogP contribution in [0.15, 0.2) is 24.3 Å². The van der Waals surface area contributed by atoms with Gasteiger partial charge in [-0.25, -0.2) is 0 Å². The topological polar surface area (TPSA) is 33.7 Å². The van der Waals surface area contributed by atoms with Crippen LogP contribution in [0.1, 0.15) is 19.3 Å². The van der Waals surface area contributed by atoms with E-state index >= 15 is 0 Å². The van der Waals surface area contributed by atoms with Crippen LogP contribution < -0.4 is 14.8 Å². The van der Waals surface area contributed by atoms with Crippen molar-refractivity contribution in [1.29, 1.82) is 0 Å². The van der Waals surface area contributed by atoms with Gasteiger partial charge in [0.15, 0.2) is 0 Å². The molecule has 0 spiro atoms. The van der Waals surface area contributed by atoms with Gasteiger partial charge in [-0.1, -0.05) is 0 Å². The number of hydrogen-bond acceptors (Lipinski definition) is 4. The van der Waals surface area contributed by atoms with Crippen LogP contribution in [-0.4, -0.2) is 51.8 Å². The standard InChI is InChI=1S/C17H28N2O2.ClH/c1-18-10-7-15-8-11-19(12-9-15)13-14-21-17-5-3-16(20-2)4-6-17;/h3-6,15,18H,7-14H2,1-2H3;1H. The van der Waals surface area contributed by atoms with Crippen molar-refractivity contribution in [2.75, 3.05) is 46.9 Å². The van der Waals surface area contributed by atoms with Crippen LogP contribution in [0.2, 0.25) is 0 Å². The number of nitrogens with zero attached hydrogens (tertiary/aromatic N) is 1. The second-order valence-corrected chi connectivity index (χ2v) is 5.70. The molecule has 0 bridgehead atoms. The van der Waals surface area contributed by atoms with Crippen molar-refractivity contribution < 1.29 is 9.47 Å². The summed E-state index contributed by atoms with van der Waals surface area (Å²) >= 11 is 0. The molecule has 0 aliphatic carbocycles. The van der Waals surface area contributed by atoms with E-state index in [1.54, 1.807) is 7.11 Å². The number of ether oxygens (including phenoxy) is 2. The van der Waals surface area contributed by atoms with Crippen LogP contribution in [-0.2, 0) is 0 Å². The maximum absolute atomic E-state index is 5.79. The summed E-state index contributed by atoms with van der Waals surface area (Å²) in [6.07, 6.45) is 3.96. The Labute approximate surface area is 140 Å². The monoisotopic (exact) mass is 328 g/mol. The lowest BCUT2D eigenvalue weighted by atomic mass is 9.93. The van der Waals surface area contributed by atoms with Crippen molar-refractivity contribution in [3.63, 3.8) is 0 Å². The van der Waals surface area contributed by atoms with E-state index in [-0.39, 0.29) is 12.4 Å². The fourth-order valence-corrected chi connectivity index (χ4v) is 2.81. The molecule has 0 saturated carbocycles. The fourth-order valence-electron chi connectivity index (χ4n) is 2.81. The predicted molar refractivity (Wildman–Crippen MR) is 93.4 cm³/mol. The first kappa shape index (κ1) is 19.1. The van der Waals surface area contributed by atoms with Gasteiger partial charge in [0.05, 0.1) is 7.11 Å². The van der Waals surface area contributed by atoms with Crippen molar-refractivity contribution in [3.8, 4) is 11.5 Å². The number of likely N-dealkylation sites (tertiary alicyclic amines) is 1. The van der Waals surface area contributed by atoms with Gasteiger partial charge in [0.1, 0.15) is 18.1 Å². The van der Waals surface area contributed by atoms with Gasteiger partial charge >= 0.3 is 0 Å². The first-order valence-electron chi connectivity index (χ1n) is 7.95. The molecule has 0 atom stereocenters. The van der Waals surface area contributed by atoms with Crippen LogP contribution in [0, 0.1) is 5.92 Å². The van der Waals surface area contributed by atoms with Crippen LogP contribution in [0.25, 0.3) is 0 Å². The molecule has 0 aromatic heterocycles. The summed E-state index contributed by atoms with van der Waals surface area (Å²) in [5.74, 6) is 2.68. The zero-order chi connectivity index (χ0) is 14.9. The number of nitrogens with one attached hydrogen (secondary N) is 1. The van der Waals surface area contributed by atoms with Gasteiger partial charge in [0, 0.05) is 6.54 Å². The highest BCUT2D eigenvalue weighted by molar-refractivity contribution is 5.85. The number of benzene rings is 1. The van der Waals surface area contributed by atoms with Gasteiger partial charge in [-0.15, -0.1) is 12.4 Å². The SMILES string of the molecule is CNCCC1CCN(CCOc2ccc(OC)cc2)CC1.Cl. The third-order valence-corrected chi connectivity index (χ3v) is 4.25. The Hall–Kier alpha value is -0.970. The molecule has 1 saturated heterocycles. The second-order valence-electron chi connectivity index (χ2n) is 5.70. The normalized spacial score (nSPS) is 16.1. The maximum atomic E-state index is 5.79. The summed E-state index contributed by atoms with van der Waals surface area (Å²) in [5.41, 5.74) is 0. The molecular formula is C17H29ClN2O2. The average molecular weight is 329 g/mol. The van der Waals surface area contributed by atoms with Crippen molar-refractivity contribution >= 4 is 12.4 Å². The quantitative estimate of drug-likeness (QED) is 0.795. The Balaban J connectivity index is 0.00000242. The first-order valence-corrected chi connectivity index (χ1v) is 7.95. The van der Waals surface area contributed by atoms with E-state index in [0.717, 1.165) is 37.1 Å². The van der Waals surface area contributed by atoms with E-state index in [9.17, 15) is 0 Å². The summed E-state index contributed by atoms with van der Waals surface area (Å²) in [6, 6.07) is 7.79. The minimum absolute atomic E-state index is 0. The molecule has 1 heterocycles. The highest BCUT2D eigenvalue weighted by atomic mass is 35.5. The number of piperidine rings is 1. The largest absolute Gasteiger partial charge is 0.497 e. The summed E-state index contributed by atoms with van der Waals surface area (Å²) in [5, 5.41) is 3.24. The van der Waals surface area contributed by atoms with Crippen LogP contribution in [0.4, 0.5) is 0 Å². The molecule has 1 aromatic carbocycles. The van der Waals surface area contributed by atoms with Gasteiger partial charge in [0.25, 0.3) is 0 Å². The van der Waals surface area contributed by atoms with E-state index in [1.165, 1.54) is 32.4 Å². The molecule has 1 aliphatic heterocycles. The summed E-state index contributed by atoms with van der Waals surface area (Å²) < 4.78 is 10.9.